The molecule has 0 bridgehead atoms. The molecule has 2 heterocycles. The van der Waals surface area contributed by atoms with Gasteiger partial charge in [0.1, 0.15) is 11.5 Å². The van der Waals surface area contributed by atoms with Crippen LogP contribution in [0.25, 0.3) is 21.1 Å². The number of benzene rings is 2. The molecule has 0 spiro atoms. The molecule has 0 aliphatic heterocycles. The summed E-state index contributed by atoms with van der Waals surface area (Å²) in [7, 11) is 1.75. The summed E-state index contributed by atoms with van der Waals surface area (Å²) < 4.78 is 16.7. The minimum Gasteiger partial charge on any atom is -0.340 e. The highest BCUT2D eigenvalue weighted by molar-refractivity contribution is 7.22. The number of fused-ring (bicyclic) bond motifs is 2. The Morgan fingerprint density at radius 3 is 2.88 bits per heavy atom. The molecule has 0 radical (unpaired) electrons. The molecule has 25 heavy (non-hydrogen) atoms. The summed E-state index contributed by atoms with van der Waals surface area (Å²) in [6, 6.07) is 12.5. The van der Waals surface area contributed by atoms with E-state index < -0.39 is 0 Å². The zero-order valence-corrected chi connectivity index (χ0v) is 14.7. The number of rotatable bonds is 3. The Morgan fingerprint density at radius 2 is 2.12 bits per heavy atom. The van der Waals surface area contributed by atoms with E-state index in [1.807, 2.05) is 12.1 Å². The van der Waals surface area contributed by atoms with Crippen molar-refractivity contribution in [3.05, 3.63) is 59.5 Å². The molecule has 4 rings (SSSR count). The van der Waals surface area contributed by atoms with E-state index in [4.69, 9.17) is 0 Å². The van der Waals surface area contributed by atoms with E-state index in [1.165, 1.54) is 23.0 Å². The lowest BCUT2D eigenvalue weighted by Gasteiger charge is -2.03. The molecule has 1 N–H and O–H groups in total. The third kappa shape index (κ3) is 2.68. The first-order chi connectivity index (χ1) is 12.1. The lowest BCUT2D eigenvalue weighted by Crippen LogP contribution is -2.15. The lowest BCUT2D eigenvalue weighted by atomic mass is 10.2. The van der Waals surface area contributed by atoms with Gasteiger partial charge in [0.25, 0.3) is 5.91 Å². The molecule has 0 aliphatic rings. The highest BCUT2D eigenvalue weighted by atomic mass is 32.1. The van der Waals surface area contributed by atoms with E-state index in [1.54, 1.807) is 29.8 Å². The van der Waals surface area contributed by atoms with Gasteiger partial charge in [-0.1, -0.05) is 30.4 Å². The largest absolute Gasteiger partial charge is 0.340 e. The van der Waals surface area contributed by atoms with Crippen LogP contribution in [0.15, 0.2) is 42.5 Å². The van der Waals surface area contributed by atoms with Crippen molar-refractivity contribution >= 4 is 43.5 Å². The standard InChI is InChI=1S/C19H16FN3OS/c1-3-11-7-8-14-17(9-11)25-19(21-14)22-18(24)16-10-12-13(20)5-4-6-15(12)23(16)2/h4-10H,3H2,1-2H3,(H,21,22,24). The molecule has 6 heteroatoms. The fourth-order valence-electron chi connectivity index (χ4n) is 2.95. The summed E-state index contributed by atoms with van der Waals surface area (Å²) in [4.78, 5) is 17.1. The summed E-state index contributed by atoms with van der Waals surface area (Å²) in [5.74, 6) is -0.632. The zero-order chi connectivity index (χ0) is 17.6. The molecule has 4 nitrogen and oxygen atoms in total. The van der Waals surface area contributed by atoms with Gasteiger partial charge < -0.3 is 4.57 Å². The minimum absolute atomic E-state index is 0.298. The molecule has 0 atom stereocenters. The Balaban J connectivity index is 1.68. The van der Waals surface area contributed by atoms with Crippen molar-refractivity contribution in [3.63, 3.8) is 0 Å². The lowest BCUT2D eigenvalue weighted by molar-refractivity contribution is 0.102. The van der Waals surface area contributed by atoms with Gasteiger partial charge in [0.2, 0.25) is 0 Å². The maximum atomic E-state index is 13.9. The molecule has 2 aromatic carbocycles. The second kappa shape index (κ2) is 5.97. The summed E-state index contributed by atoms with van der Waals surface area (Å²) in [6.07, 6.45) is 0.955. The van der Waals surface area contributed by atoms with Gasteiger partial charge in [-0.3, -0.25) is 10.1 Å². The molecular weight excluding hydrogens is 337 g/mol. The number of hydrogen-bond acceptors (Lipinski definition) is 3. The van der Waals surface area contributed by atoms with Crippen LogP contribution in [0.5, 0.6) is 0 Å². The average molecular weight is 353 g/mol. The van der Waals surface area contributed by atoms with Gasteiger partial charge in [-0.2, -0.15) is 0 Å². The Hall–Kier alpha value is -2.73. The van der Waals surface area contributed by atoms with E-state index in [0.29, 0.717) is 21.7 Å². The number of carbonyl (C=O) groups is 1. The minimum atomic E-state index is -0.334. The van der Waals surface area contributed by atoms with Crippen LogP contribution in [0.1, 0.15) is 23.0 Å². The van der Waals surface area contributed by atoms with Crippen molar-refractivity contribution < 1.29 is 9.18 Å². The van der Waals surface area contributed by atoms with Crippen LogP contribution >= 0.6 is 11.3 Å². The highest BCUT2D eigenvalue weighted by Crippen LogP contribution is 2.28. The molecule has 126 valence electrons. The molecule has 0 saturated carbocycles. The van der Waals surface area contributed by atoms with Crippen LogP contribution in [-0.4, -0.2) is 15.5 Å². The normalized spacial score (nSPS) is 11.3. The molecule has 0 fully saturated rings. The molecule has 1 amide bonds. The maximum Gasteiger partial charge on any atom is 0.274 e. The number of thiazole rings is 1. The number of aryl methyl sites for hydroxylation is 2. The van der Waals surface area contributed by atoms with Crippen LogP contribution in [0.4, 0.5) is 9.52 Å². The number of anilines is 1. The Labute approximate surface area is 147 Å². The van der Waals surface area contributed by atoms with Gasteiger partial charge in [-0.25, -0.2) is 9.37 Å². The third-order valence-corrected chi connectivity index (χ3v) is 5.28. The highest BCUT2D eigenvalue weighted by Gasteiger charge is 2.17. The number of nitrogens with one attached hydrogen (secondary N) is 1. The molecule has 0 unspecified atom stereocenters. The predicted octanol–water partition coefficient (Wildman–Crippen LogP) is 4.74. The Kier molecular flexibility index (Phi) is 3.77. The summed E-state index contributed by atoms with van der Waals surface area (Å²) in [5, 5.41) is 3.81. The average Bonchev–Trinajstić information content (AvgIpc) is 3.16. The fraction of sp³-hybridized carbons (Fsp3) is 0.158. The van der Waals surface area contributed by atoms with Gasteiger partial charge in [0.05, 0.1) is 15.7 Å². The van der Waals surface area contributed by atoms with Gasteiger partial charge >= 0.3 is 0 Å². The van der Waals surface area contributed by atoms with Crippen LogP contribution in [-0.2, 0) is 13.5 Å². The van der Waals surface area contributed by atoms with Crippen LogP contribution in [0.2, 0.25) is 0 Å². The molecule has 0 aliphatic carbocycles. The zero-order valence-electron chi connectivity index (χ0n) is 13.8. The van der Waals surface area contributed by atoms with Crippen LogP contribution in [0.3, 0.4) is 0 Å². The van der Waals surface area contributed by atoms with E-state index in [9.17, 15) is 9.18 Å². The maximum absolute atomic E-state index is 13.9. The van der Waals surface area contributed by atoms with E-state index in [0.717, 1.165) is 16.6 Å². The molecule has 4 aromatic rings. The van der Waals surface area contributed by atoms with Gasteiger partial charge in [0, 0.05) is 12.4 Å². The second-order valence-electron chi connectivity index (χ2n) is 5.89. The smallest absolute Gasteiger partial charge is 0.274 e. The van der Waals surface area contributed by atoms with Crippen molar-refractivity contribution in [2.45, 2.75) is 13.3 Å². The fourth-order valence-corrected chi connectivity index (χ4v) is 3.87. The first-order valence-electron chi connectivity index (χ1n) is 8.01. The topological polar surface area (TPSA) is 46.9 Å². The molecular formula is C19H16FN3OS. The number of amides is 1. The quantitative estimate of drug-likeness (QED) is 0.578. The number of carbonyl (C=O) groups excluding carboxylic acids is 1. The second-order valence-corrected chi connectivity index (χ2v) is 6.92. The van der Waals surface area contributed by atoms with Crippen molar-refractivity contribution in [2.75, 3.05) is 5.32 Å². The Morgan fingerprint density at radius 1 is 1.28 bits per heavy atom. The van der Waals surface area contributed by atoms with Crippen LogP contribution < -0.4 is 5.32 Å². The summed E-state index contributed by atoms with van der Waals surface area (Å²) in [6.45, 7) is 2.10. The Bertz CT molecular complexity index is 1110. The number of hydrogen-bond donors (Lipinski definition) is 1. The van der Waals surface area contributed by atoms with Crippen molar-refractivity contribution in [1.82, 2.24) is 9.55 Å². The van der Waals surface area contributed by atoms with Gasteiger partial charge in [0.15, 0.2) is 5.13 Å². The number of aromatic nitrogens is 2. The predicted molar refractivity (Wildman–Crippen MR) is 99.8 cm³/mol. The van der Waals surface area contributed by atoms with Crippen molar-refractivity contribution in [2.24, 2.45) is 7.05 Å². The van der Waals surface area contributed by atoms with E-state index >= 15 is 0 Å². The first-order valence-corrected chi connectivity index (χ1v) is 8.83. The van der Waals surface area contributed by atoms with E-state index in [-0.39, 0.29) is 11.7 Å². The van der Waals surface area contributed by atoms with Crippen molar-refractivity contribution in [3.8, 4) is 0 Å². The first kappa shape index (κ1) is 15.8. The number of nitrogens with zero attached hydrogens (tertiary/aromatic N) is 2. The summed E-state index contributed by atoms with van der Waals surface area (Å²) in [5.41, 5.74) is 3.18. The number of halogens is 1. The van der Waals surface area contributed by atoms with Gasteiger partial charge in [-0.15, -0.1) is 0 Å². The van der Waals surface area contributed by atoms with E-state index in [2.05, 4.69) is 23.3 Å². The van der Waals surface area contributed by atoms with Gasteiger partial charge in [-0.05, 0) is 42.3 Å². The van der Waals surface area contributed by atoms with Crippen molar-refractivity contribution in [1.29, 1.82) is 0 Å². The van der Waals surface area contributed by atoms with Crippen LogP contribution in [0, 0.1) is 5.82 Å². The third-order valence-electron chi connectivity index (χ3n) is 4.35. The SMILES string of the molecule is CCc1ccc2nc(NC(=O)c3cc4c(F)cccc4n3C)sc2c1. The monoisotopic (exact) mass is 353 g/mol. The summed E-state index contributed by atoms with van der Waals surface area (Å²) >= 11 is 1.44. The molecule has 0 saturated heterocycles. The molecule has 2 aromatic heterocycles.